The number of ether oxygens (including phenoxy) is 2. The third-order valence-electron chi connectivity index (χ3n) is 4.38. The molecule has 2 amide bonds. The first kappa shape index (κ1) is 21.0. The van der Waals surface area contributed by atoms with Crippen LogP contribution in [0.2, 0.25) is 0 Å². The molecule has 7 heteroatoms. The van der Waals surface area contributed by atoms with Crippen LogP contribution in [0.4, 0.5) is 0 Å². The molecule has 1 atom stereocenters. The van der Waals surface area contributed by atoms with Gasteiger partial charge < -0.3 is 24.5 Å². The lowest BCUT2D eigenvalue weighted by Gasteiger charge is -2.18. The molecule has 2 aromatic carbocycles. The lowest BCUT2D eigenvalue weighted by molar-refractivity contribution is -0.123. The number of rotatable bonds is 10. The van der Waals surface area contributed by atoms with Crippen LogP contribution in [0.25, 0.3) is 0 Å². The quantitative estimate of drug-likeness (QED) is 0.504. The maximum absolute atomic E-state index is 12.8. The van der Waals surface area contributed by atoms with E-state index in [1.165, 1.54) is 6.26 Å². The Morgan fingerprint density at radius 3 is 2.40 bits per heavy atom. The zero-order chi connectivity index (χ0) is 21.2. The second-order valence-corrected chi connectivity index (χ2v) is 6.48. The molecule has 0 spiro atoms. The Labute approximate surface area is 175 Å². The first-order chi connectivity index (χ1) is 14.7. The average molecular weight is 408 g/mol. The number of methoxy groups -OCH3 is 1. The minimum atomic E-state index is -0.753. The summed E-state index contributed by atoms with van der Waals surface area (Å²) in [7, 11) is 1.57. The van der Waals surface area contributed by atoms with Gasteiger partial charge in [0.15, 0.2) is 17.3 Å². The van der Waals surface area contributed by atoms with Crippen molar-refractivity contribution in [1.82, 2.24) is 10.6 Å². The Morgan fingerprint density at radius 1 is 0.967 bits per heavy atom. The fourth-order valence-electron chi connectivity index (χ4n) is 2.89. The summed E-state index contributed by atoms with van der Waals surface area (Å²) in [6, 6.07) is 19.2. The highest BCUT2D eigenvalue weighted by molar-refractivity contribution is 5.95. The molecule has 0 aliphatic rings. The van der Waals surface area contributed by atoms with Crippen molar-refractivity contribution in [3.8, 4) is 11.5 Å². The lowest BCUT2D eigenvalue weighted by Crippen LogP contribution is -2.48. The highest BCUT2D eigenvalue weighted by Gasteiger charge is 2.22. The van der Waals surface area contributed by atoms with Crippen molar-refractivity contribution in [2.45, 2.75) is 12.5 Å². The number of carbonyl (C=O) groups excluding carboxylic acids is 2. The summed E-state index contributed by atoms with van der Waals surface area (Å²) in [6.07, 6.45) is 1.77. The molecule has 0 aliphatic heterocycles. The number of para-hydroxylation sites is 2. The summed E-state index contributed by atoms with van der Waals surface area (Å²) in [5.74, 6) is 0.627. The van der Waals surface area contributed by atoms with Gasteiger partial charge in [-0.1, -0.05) is 42.5 Å². The lowest BCUT2D eigenvalue weighted by atomic mass is 10.1. The fraction of sp³-hybridized carbons (Fsp3) is 0.217. The molecule has 3 rings (SSSR count). The Bertz CT molecular complexity index is 941. The van der Waals surface area contributed by atoms with E-state index in [2.05, 4.69) is 10.6 Å². The van der Waals surface area contributed by atoms with Gasteiger partial charge in [-0.25, -0.2) is 0 Å². The summed E-state index contributed by atoms with van der Waals surface area (Å²) in [4.78, 5) is 25.1. The molecule has 0 radical (unpaired) electrons. The normalized spacial score (nSPS) is 11.4. The van der Waals surface area contributed by atoms with Gasteiger partial charge in [-0.2, -0.15) is 0 Å². The van der Waals surface area contributed by atoms with E-state index in [1.54, 1.807) is 31.4 Å². The predicted molar refractivity (Wildman–Crippen MR) is 112 cm³/mol. The maximum Gasteiger partial charge on any atom is 0.287 e. The number of benzene rings is 2. The maximum atomic E-state index is 12.8. The molecule has 7 nitrogen and oxygen atoms in total. The molecule has 1 heterocycles. The van der Waals surface area contributed by atoms with E-state index >= 15 is 0 Å². The molecule has 0 saturated heterocycles. The minimum absolute atomic E-state index is 0.153. The summed E-state index contributed by atoms with van der Waals surface area (Å²) >= 11 is 0. The monoisotopic (exact) mass is 408 g/mol. The van der Waals surface area contributed by atoms with E-state index in [-0.39, 0.29) is 24.8 Å². The SMILES string of the molecule is COc1ccccc1OCCNC(=O)C(Cc1ccccc1)NC(=O)c1ccco1. The smallest absolute Gasteiger partial charge is 0.287 e. The molecule has 1 unspecified atom stereocenters. The van der Waals surface area contributed by atoms with Crippen LogP contribution in [0.1, 0.15) is 16.1 Å². The van der Waals surface area contributed by atoms with E-state index in [1.807, 2.05) is 42.5 Å². The predicted octanol–water partition coefficient (Wildman–Crippen LogP) is 2.82. The summed E-state index contributed by atoms with van der Waals surface area (Å²) in [6.45, 7) is 0.537. The number of amides is 2. The van der Waals surface area contributed by atoms with Gasteiger partial charge >= 0.3 is 0 Å². The zero-order valence-corrected chi connectivity index (χ0v) is 16.7. The third kappa shape index (κ3) is 5.88. The molecule has 0 aliphatic carbocycles. The van der Waals surface area contributed by atoms with Crippen molar-refractivity contribution in [2.24, 2.45) is 0 Å². The molecule has 2 N–H and O–H groups in total. The van der Waals surface area contributed by atoms with Gasteiger partial charge in [0.25, 0.3) is 5.91 Å². The molecule has 0 fully saturated rings. The van der Waals surface area contributed by atoms with E-state index in [4.69, 9.17) is 13.9 Å². The van der Waals surface area contributed by atoms with Crippen LogP contribution >= 0.6 is 0 Å². The van der Waals surface area contributed by atoms with Crippen molar-refractivity contribution in [3.63, 3.8) is 0 Å². The van der Waals surface area contributed by atoms with E-state index < -0.39 is 11.9 Å². The van der Waals surface area contributed by atoms with Gasteiger partial charge in [0.05, 0.1) is 19.9 Å². The van der Waals surface area contributed by atoms with Gasteiger partial charge in [-0.05, 0) is 29.8 Å². The van der Waals surface area contributed by atoms with Crippen LogP contribution in [-0.4, -0.2) is 38.1 Å². The highest BCUT2D eigenvalue weighted by atomic mass is 16.5. The molecular weight excluding hydrogens is 384 g/mol. The second kappa shape index (κ2) is 10.7. The second-order valence-electron chi connectivity index (χ2n) is 6.48. The average Bonchev–Trinajstić information content (AvgIpc) is 3.32. The Morgan fingerprint density at radius 2 is 1.70 bits per heavy atom. The first-order valence-corrected chi connectivity index (χ1v) is 9.59. The van der Waals surface area contributed by atoms with Crippen molar-refractivity contribution < 1.29 is 23.5 Å². The van der Waals surface area contributed by atoms with Crippen LogP contribution in [-0.2, 0) is 11.2 Å². The first-order valence-electron chi connectivity index (χ1n) is 9.59. The summed E-state index contributed by atoms with van der Waals surface area (Å²) in [5.41, 5.74) is 0.933. The van der Waals surface area contributed by atoms with Gasteiger partial charge in [0, 0.05) is 6.42 Å². The largest absolute Gasteiger partial charge is 0.493 e. The fourth-order valence-corrected chi connectivity index (χ4v) is 2.89. The van der Waals surface area contributed by atoms with E-state index in [9.17, 15) is 9.59 Å². The topological polar surface area (TPSA) is 89.8 Å². The minimum Gasteiger partial charge on any atom is -0.493 e. The van der Waals surface area contributed by atoms with Gasteiger partial charge in [0.1, 0.15) is 12.6 Å². The molecule has 156 valence electrons. The molecule has 0 bridgehead atoms. The standard InChI is InChI=1S/C23H24N2O5/c1-28-19-10-5-6-11-20(19)30-15-13-24-22(26)18(16-17-8-3-2-4-9-17)25-23(27)21-12-7-14-29-21/h2-12,14,18H,13,15-16H2,1H3,(H,24,26)(H,25,27). The number of hydrogen-bond donors (Lipinski definition) is 2. The van der Waals surface area contributed by atoms with Crippen LogP contribution in [0.5, 0.6) is 11.5 Å². The Kier molecular flexibility index (Phi) is 7.49. The number of hydrogen-bond acceptors (Lipinski definition) is 5. The van der Waals surface area contributed by atoms with Crippen molar-refractivity contribution >= 4 is 11.8 Å². The summed E-state index contributed by atoms with van der Waals surface area (Å²) in [5, 5.41) is 5.55. The van der Waals surface area contributed by atoms with Crippen molar-refractivity contribution in [3.05, 3.63) is 84.3 Å². The van der Waals surface area contributed by atoms with E-state index in [0.29, 0.717) is 17.9 Å². The van der Waals surface area contributed by atoms with Crippen LogP contribution < -0.4 is 20.1 Å². The van der Waals surface area contributed by atoms with Gasteiger partial charge in [-0.15, -0.1) is 0 Å². The number of carbonyl (C=O) groups is 2. The number of nitrogens with one attached hydrogen (secondary N) is 2. The molecule has 3 aromatic rings. The molecule has 0 saturated carbocycles. The Hall–Kier alpha value is -3.74. The van der Waals surface area contributed by atoms with Crippen LogP contribution in [0.15, 0.2) is 77.4 Å². The van der Waals surface area contributed by atoms with Crippen molar-refractivity contribution in [1.29, 1.82) is 0 Å². The molecule has 1 aromatic heterocycles. The number of furan rings is 1. The Balaban J connectivity index is 1.57. The summed E-state index contributed by atoms with van der Waals surface area (Å²) < 4.78 is 16.0. The van der Waals surface area contributed by atoms with Crippen LogP contribution in [0, 0.1) is 0 Å². The zero-order valence-electron chi connectivity index (χ0n) is 16.7. The van der Waals surface area contributed by atoms with Crippen molar-refractivity contribution in [2.75, 3.05) is 20.3 Å². The van der Waals surface area contributed by atoms with E-state index in [0.717, 1.165) is 5.56 Å². The van der Waals surface area contributed by atoms with Gasteiger partial charge in [0.2, 0.25) is 5.91 Å². The van der Waals surface area contributed by atoms with Crippen LogP contribution in [0.3, 0.4) is 0 Å². The highest BCUT2D eigenvalue weighted by Crippen LogP contribution is 2.25. The molecular formula is C23H24N2O5. The third-order valence-corrected chi connectivity index (χ3v) is 4.38. The molecule has 30 heavy (non-hydrogen) atoms. The van der Waals surface area contributed by atoms with Gasteiger partial charge in [-0.3, -0.25) is 9.59 Å².